The highest BCUT2D eigenvalue weighted by Crippen LogP contribution is 2.20. The molecule has 3 aromatic rings. The van der Waals surface area contributed by atoms with Crippen LogP contribution in [-0.2, 0) is 4.79 Å². The van der Waals surface area contributed by atoms with Crippen molar-refractivity contribution in [3.8, 4) is 0 Å². The van der Waals surface area contributed by atoms with E-state index in [1.807, 2.05) is 24.3 Å². The first kappa shape index (κ1) is 16.7. The number of anilines is 2. The van der Waals surface area contributed by atoms with Gasteiger partial charge in [-0.15, -0.1) is 14.8 Å². The van der Waals surface area contributed by atoms with E-state index >= 15 is 0 Å². The third-order valence-electron chi connectivity index (χ3n) is 4.27. The Bertz CT molecular complexity index is 921. The Morgan fingerprint density at radius 2 is 1.92 bits per heavy atom. The number of hydrogen-bond donors (Lipinski definition) is 1. The summed E-state index contributed by atoms with van der Waals surface area (Å²) in [6.07, 6.45) is 0. The Balaban J connectivity index is 1.32. The molecule has 9 nitrogen and oxygen atoms in total. The standard InChI is InChI=1S/C16H17ClN8O/c17-12-3-1-2-4-13(12)18-16(26)11-23-7-9-24(10-8-23)15-6-5-14-19-21-22-25(14)20-15/h1-6H,7-11H2,(H,18,26). The van der Waals surface area contributed by atoms with E-state index in [1.54, 1.807) is 12.1 Å². The number of carbonyl (C=O) groups is 1. The van der Waals surface area contributed by atoms with Crippen molar-refractivity contribution in [3.63, 3.8) is 0 Å². The zero-order chi connectivity index (χ0) is 17.9. The summed E-state index contributed by atoms with van der Waals surface area (Å²) in [5, 5.41) is 19.1. The molecule has 10 heteroatoms. The Hall–Kier alpha value is -2.78. The topological polar surface area (TPSA) is 91.6 Å². The first-order chi connectivity index (χ1) is 12.7. The summed E-state index contributed by atoms with van der Waals surface area (Å²) in [6, 6.07) is 11.0. The Kier molecular flexibility index (Phi) is 4.63. The van der Waals surface area contributed by atoms with Crippen molar-refractivity contribution >= 4 is 34.7 Å². The average Bonchev–Trinajstić information content (AvgIpc) is 3.12. The number of nitrogens with zero attached hydrogens (tertiary/aromatic N) is 7. The van der Waals surface area contributed by atoms with Crippen LogP contribution in [0.3, 0.4) is 0 Å². The van der Waals surface area contributed by atoms with E-state index in [2.05, 4.69) is 35.7 Å². The number of piperazine rings is 1. The lowest BCUT2D eigenvalue weighted by molar-refractivity contribution is -0.117. The van der Waals surface area contributed by atoms with Gasteiger partial charge in [-0.25, -0.2) is 0 Å². The maximum atomic E-state index is 12.2. The van der Waals surface area contributed by atoms with E-state index in [0.29, 0.717) is 22.9 Å². The van der Waals surface area contributed by atoms with Gasteiger partial charge in [-0.05, 0) is 34.7 Å². The Labute approximate surface area is 154 Å². The molecule has 0 atom stereocenters. The molecular weight excluding hydrogens is 356 g/mol. The monoisotopic (exact) mass is 372 g/mol. The Morgan fingerprint density at radius 1 is 1.12 bits per heavy atom. The minimum atomic E-state index is -0.0696. The van der Waals surface area contributed by atoms with Crippen LogP contribution in [-0.4, -0.2) is 68.8 Å². The van der Waals surface area contributed by atoms with Gasteiger partial charge in [-0.1, -0.05) is 23.7 Å². The smallest absolute Gasteiger partial charge is 0.238 e. The molecule has 0 spiro atoms. The van der Waals surface area contributed by atoms with Crippen molar-refractivity contribution in [2.45, 2.75) is 0 Å². The van der Waals surface area contributed by atoms with Gasteiger partial charge < -0.3 is 10.2 Å². The normalized spacial score (nSPS) is 15.3. The van der Waals surface area contributed by atoms with Crippen LogP contribution in [0.25, 0.3) is 5.65 Å². The molecular formula is C16H17ClN8O. The summed E-state index contributed by atoms with van der Waals surface area (Å²) in [7, 11) is 0. The lowest BCUT2D eigenvalue weighted by Crippen LogP contribution is -2.49. The Morgan fingerprint density at radius 3 is 2.73 bits per heavy atom. The van der Waals surface area contributed by atoms with Gasteiger partial charge in [0.15, 0.2) is 11.5 Å². The van der Waals surface area contributed by atoms with Gasteiger partial charge in [0.25, 0.3) is 0 Å². The number of amides is 1. The maximum Gasteiger partial charge on any atom is 0.238 e. The molecule has 1 aliphatic rings. The minimum Gasteiger partial charge on any atom is -0.353 e. The highest BCUT2D eigenvalue weighted by atomic mass is 35.5. The fourth-order valence-corrected chi connectivity index (χ4v) is 3.08. The van der Waals surface area contributed by atoms with E-state index in [1.165, 1.54) is 4.63 Å². The summed E-state index contributed by atoms with van der Waals surface area (Å²) < 4.78 is 1.42. The zero-order valence-electron chi connectivity index (χ0n) is 13.9. The molecule has 1 aromatic carbocycles. The van der Waals surface area contributed by atoms with Crippen LogP contribution in [0, 0.1) is 0 Å². The fraction of sp³-hybridized carbons (Fsp3) is 0.312. The molecule has 0 aliphatic carbocycles. The van der Waals surface area contributed by atoms with E-state index < -0.39 is 0 Å². The van der Waals surface area contributed by atoms with Gasteiger partial charge in [0, 0.05) is 26.2 Å². The molecule has 0 radical (unpaired) electrons. The zero-order valence-corrected chi connectivity index (χ0v) is 14.7. The van der Waals surface area contributed by atoms with E-state index in [0.717, 1.165) is 32.0 Å². The minimum absolute atomic E-state index is 0.0696. The number of rotatable bonds is 4. The highest BCUT2D eigenvalue weighted by molar-refractivity contribution is 6.33. The second-order valence-corrected chi connectivity index (χ2v) is 6.42. The SMILES string of the molecule is O=C(CN1CCN(c2ccc3nnnn3n2)CC1)Nc1ccccc1Cl. The first-order valence-corrected chi connectivity index (χ1v) is 8.64. The summed E-state index contributed by atoms with van der Waals surface area (Å²) in [4.78, 5) is 16.5. The van der Waals surface area contributed by atoms with Gasteiger partial charge >= 0.3 is 0 Å². The second-order valence-electron chi connectivity index (χ2n) is 6.01. The molecule has 1 N–H and O–H groups in total. The molecule has 4 rings (SSSR count). The van der Waals surface area contributed by atoms with Crippen molar-refractivity contribution in [2.24, 2.45) is 0 Å². The average molecular weight is 373 g/mol. The molecule has 1 amide bonds. The molecule has 3 heterocycles. The molecule has 0 saturated carbocycles. The molecule has 134 valence electrons. The van der Waals surface area contributed by atoms with Crippen LogP contribution in [0.5, 0.6) is 0 Å². The van der Waals surface area contributed by atoms with Gasteiger partial charge in [-0.3, -0.25) is 9.69 Å². The molecule has 1 fully saturated rings. The summed E-state index contributed by atoms with van der Waals surface area (Å²) in [5.41, 5.74) is 1.25. The van der Waals surface area contributed by atoms with Gasteiger partial charge in [0.1, 0.15) is 0 Å². The van der Waals surface area contributed by atoms with E-state index in [9.17, 15) is 4.79 Å². The van der Waals surface area contributed by atoms with Crippen LogP contribution in [0.15, 0.2) is 36.4 Å². The third kappa shape index (κ3) is 3.58. The van der Waals surface area contributed by atoms with Crippen molar-refractivity contribution < 1.29 is 4.79 Å². The number of carbonyl (C=O) groups excluding carboxylic acids is 1. The molecule has 1 saturated heterocycles. The van der Waals surface area contributed by atoms with Crippen molar-refractivity contribution in [3.05, 3.63) is 41.4 Å². The summed E-state index contributed by atoms with van der Waals surface area (Å²) in [6.45, 7) is 3.43. The van der Waals surface area contributed by atoms with Crippen LogP contribution < -0.4 is 10.2 Å². The summed E-state index contributed by atoms with van der Waals surface area (Å²) in [5.74, 6) is 0.754. The lowest BCUT2D eigenvalue weighted by atomic mass is 10.3. The molecule has 0 bridgehead atoms. The number of fused-ring (bicyclic) bond motifs is 1. The van der Waals surface area contributed by atoms with Gasteiger partial charge in [-0.2, -0.15) is 0 Å². The van der Waals surface area contributed by atoms with Crippen LogP contribution in [0.4, 0.5) is 11.5 Å². The highest BCUT2D eigenvalue weighted by Gasteiger charge is 2.20. The van der Waals surface area contributed by atoms with Crippen LogP contribution >= 0.6 is 11.6 Å². The maximum absolute atomic E-state index is 12.2. The van der Waals surface area contributed by atoms with Gasteiger partial charge in [0.2, 0.25) is 5.91 Å². The van der Waals surface area contributed by atoms with E-state index in [-0.39, 0.29) is 5.91 Å². The predicted octanol–water partition coefficient (Wildman–Crippen LogP) is 0.933. The number of nitrogens with one attached hydrogen (secondary N) is 1. The fourth-order valence-electron chi connectivity index (χ4n) is 2.90. The first-order valence-electron chi connectivity index (χ1n) is 8.26. The van der Waals surface area contributed by atoms with E-state index in [4.69, 9.17) is 11.6 Å². The number of aromatic nitrogens is 5. The lowest BCUT2D eigenvalue weighted by Gasteiger charge is -2.34. The second kappa shape index (κ2) is 7.22. The quantitative estimate of drug-likeness (QED) is 0.728. The molecule has 26 heavy (non-hydrogen) atoms. The predicted molar refractivity (Wildman–Crippen MR) is 97.3 cm³/mol. The molecule has 0 unspecified atom stereocenters. The van der Waals surface area contributed by atoms with Crippen molar-refractivity contribution in [1.82, 2.24) is 30.2 Å². The molecule has 1 aliphatic heterocycles. The number of tetrazole rings is 1. The largest absolute Gasteiger partial charge is 0.353 e. The number of para-hydroxylation sites is 1. The van der Waals surface area contributed by atoms with Crippen molar-refractivity contribution in [2.75, 3.05) is 42.9 Å². The summed E-state index contributed by atoms with van der Waals surface area (Å²) >= 11 is 6.07. The van der Waals surface area contributed by atoms with Crippen LogP contribution in [0.2, 0.25) is 5.02 Å². The number of halogens is 1. The molecule has 2 aromatic heterocycles. The third-order valence-corrected chi connectivity index (χ3v) is 4.60. The number of hydrogen-bond acceptors (Lipinski definition) is 7. The van der Waals surface area contributed by atoms with Gasteiger partial charge in [0.05, 0.1) is 17.3 Å². The van der Waals surface area contributed by atoms with Crippen molar-refractivity contribution in [1.29, 1.82) is 0 Å². The number of benzene rings is 1. The van der Waals surface area contributed by atoms with Crippen LogP contribution in [0.1, 0.15) is 0 Å².